The Labute approximate surface area is 91.8 Å². The summed E-state index contributed by atoms with van der Waals surface area (Å²) in [7, 11) is 0. The van der Waals surface area contributed by atoms with E-state index < -0.39 is 0 Å². The van der Waals surface area contributed by atoms with E-state index in [-0.39, 0.29) is 6.10 Å². The largest absolute Gasteiger partial charge is 0.251 e. The molecular formula is C13H20O2. The van der Waals surface area contributed by atoms with Crippen molar-refractivity contribution < 1.29 is 10.1 Å². The smallest absolute Gasteiger partial charge is 0.118 e. The van der Waals surface area contributed by atoms with Gasteiger partial charge < -0.3 is 0 Å². The molecule has 0 bridgehead atoms. The first-order valence-electron chi connectivity index (χ1n) is 5.73. The van der Waals surface area contributed by atoms with E-state index in [0.717, 1.165) is 18.4 Å². The van der Waals surface area contributed by atoms with E-state index >= 15 is 0 Å². The van der Waals surface area contributed by atoms with E-state index in [0.29, 0.717) is 0 Å². The van der Waals surface area contributed by atoms with Gasteiger partial charge in [0.1, 0.15) is 6.10 Å². The highest BCUT2D eigenvalue weighted by atomic mass is 17.1. The van der Waals surface area contributed by atoms with Gasteiger partial charge in [-0.15, -0.1) is 0 Å². The van der Waals surface area contributed by atoms with Gasteiger partial charge in [0.05, 0.1) is 0 Å². The lowest BCUT2D eigenvalue weighted by Crippen LogP contribution is -2.01. The van der Waals surface area contributed by atoms with Crippen molar-refractivity contribution >= 4 is 0 Å². The fourth-order valence-corrected chi connectivity index (χ4v) is 1.70. The molecule has 1 N–H and O–H groups in total. The van der Waals surface area contributed by atoms with Crippen molar-refractivity contribution in [3.05, 3.63) is 35.9 Å². The summed E-state index contributed by atoms with van der Waals surface area (Å²) in [5, 5.41) is 8.84. The lowest BCUT2D eigenvalue weighted by atomic mass is 10.0. The molecule has 1 atom stereocenters. The third kappa shape index (κ3) is 4.45. The Balaban J connectivity index is 2.36. The zero-order chi connectivity index (χ0) is 10.9. The van der Waals surface area contributed by atoms with Crippen LogP contribution in [0.5, 0.6) is 0 Å². The van der Waals surface area contributed by atoms with Gasteiger partial charge >= 0.3 is 0 Å². The summed E-state index contributed by atoms with van der Waals surface area (Å²) >= 11 is 0. The molecule has 0 spiro atoms. The zero-order valence-corrected chi connectivity index (χ0v) is 9.36. The molecule has 0 amide bonds. The van der Waals surface area contributed by atoms with Crippen molar-refractivity contribution in [2.75, 3.05) is 0 Å². The lowest BCUT2D eigenvalue weighted by Gasteiger charge is -2.13. The lowest BCUT2D eigenvalue weighted by molar-refractivity contribution is -0.283. The summed E-state index contributed by atoms with van der Waals surface area (Å²) in [4.78, 5) is 4.52. The number of rotatable bonds is 7. The minimum Gasteiger partial charge on any atom is -0.251 e. The fourth-order valence-electron chi connectivity index (χ4n) is 1.70. The van der Waals surface area contributed by atoms with Crippen LogP contribution >= 0.6 is 0 Å². The van der Waals surface area contributed by atoms with Crippen LogP contribution in [0.2, 0.25) is 0 Å². The molecule has 15 heavy (non-hydrogen) atoms. The van der Waals surface area contributed by atoms with E-state index in [1.54, 1.807) is 0 Å². The van der Waals surface area contributed by atoms with Crippen LogP contribution in [-0.4, -0.2) is 5.26 Å². The van der Waals surface area contributed by atoms with Gasteiger partial charge in [0, 0.05) is 0 Å². The second kappa shape index (κ2) is 7.43. The molecule has 1 aromatic carbocycles. The first kappa shape index (κ1) is 12.2. The van der Waals surface area contributed by atoms with Crippen molar-refractivity contribution in [3.63, 3.8) is 0 Å². The molecule has 2 nitrogen and oxygen atoms in total. The van der Waals surface area contributed by atoms with Crippen molar-refractivity contribution in [2.24, 2.45) is 0 Å². The standard InChI is InChI=1S/C13H20O2/c1-2-3-4-8-11-13(15-14)12-9-6-5-7-10-12/h5-7,9-10,13-14H,2-4,8,11H2,1H3. The highest BCUT2D eigenvalue weighted by Crippen LogP contribution is 2.22. The van der Waals surface area contributed by atoms with Crippen LogP contribution < -0.4 is 0 Å². The van der Waals surface area contributed by atoms with Crippen LogP contribution in [0.15, 0.2) is 30.3 Å². The second-order valence-electron chi connectivity index (χ2n) is 3.85. The minimum atomic E-state index is -0.164. The van der Waals surface area contributed by atoms with Gasteiger partial charge in [-0.3, -0.25) is 5.26 Å². The van der Waals surface area contributed by atoms with Gasteiger partial charge in [0.15, 0.2) is 0 Å². The molecule has 2 heteroatoms. The maximum Gasteiger partial charge on any atom is 0.118 e. The third-order valence-corrected chi connectivity index (χ3v) is 2.62. The fraction of sp³-hybridized carbons (Fsp3) is 0.538. The highest BCUT2D eigenvalue weighted by Gasteiger charge is 2.10. The molecule has 0 fully saturated rings. The molecule has 0 heterocycles. The monoisotopic (exact) mass is 208 g/mol. The van der Waals surface area contributed by atoms with Gasteiger partial charge in [-0.25, -0.2) is 4.89 Å². The third-order valence-electron chi connectivity index (χ3n) is 2.62. The van der Waals surface area contributed by atoms with Crippen LogP contribution in [0.3, 0.4) is 0 Å². The molecule has 0 aliphatic heterocycles. The number of unbranched alkanes of at least 4 members (excludes halogenated alkanes) is 3. The summed E-state index contributed by atoms with van der Waals surface area (Å²) in [5.74, 6) is 0. The first-order chi connectivity index (χ1) is 7.38. The molecule has 0 aliphatic carbocycles. The zero-order valence-electron chi connectivity index (χ0n) is 9.36. The van der Waals surface area contributed by atoms with Crippen LogP contribution in [0.25, 0.3) is 0 Å². The summed E-state index contributed by atoms with van der Waals surface area (Å²) in [6.45, 7) is 2.19. The Hall–Kier alpha value is -0.860. The summed E-state index contributed by atoms with van der Waals surface area (Å²) in [6, 6.07) is 9.87. The summed E-state index contributed by atoms with van der Waals surface area (Å²) in [6.07, 6.45) is 5.53. The van der Waals surface area contributed by atoms with E-state index in [1.165, 1.54) is 19.3 Å². The average Bonchev–Trinajstić information content (AvgIpc) is 2.30. The van der Waals surface area contributed by atoms with Crippen LogP contribution in [0.4, 0.5) is 0 Å². The maximum atomic E-state index is 8.84. The predicted octanol–water partition coefficient (Wildman–Crippen LogP) is 4.19. The van der Waals surface area contributed by atoms with Gasteiger partial charge in [0.2, 0.25) is 0 Å². The number of hydrogen-bond acceptors (Lipinski definition) is 2. The Morgan fingerprint density at radius 3 is 2.47 bits per heavy atom. The van der Waals surface area contributed by atoms with Crippen LogP contribution in [0, 0.1) is 0 Å². The summed E-state index contributed by atoms with van der Waals surface area (Å²) < 4.78 is 0. The van der Waals surface area contributed by atoms with Crippen LogP contribution in [-0.2, 0) is 4.89 Å². The molecular weight excluding hydrogens is 188 g/mol. The Morgan fingerprint density at radius 1 is 1.13 bits per heavy atom. The molecule has 0 radical (unpaired) electrons. The first-order valence-corrected chi connectivity index (χ1v) is 5.73. The summed E-state index contributed by atoms with van der Waals surface area (Å²) in [5.41, 5.74) is 1.05. The van der Waals surface area contributed by atoms with E-state index in [1.807, 2.05) is 30.3 Å². The van der Waals surface area contributed by atoms with Crippen molar-refractivity contribution in [2.45, 2.75) is 45.1 Å². The minimum absolute atomic E-state index is 0.164. The molecule has 1 aromatic rings. The molecule has 0 saturated heterocycles. The topological polar surface area (TPSA) is 29.5 Å². The number of benzene rings is 1. The van der Waals surface area contributed by atoms with E-state index in [9.17, 15) is 0 Å². The number of hydrogen-bond donors (Lipinski definition) is 1. The van der Waals surface area contributed by atoms with Gasteiger partial charge in [-0.1, -0.05) is 62.9 Å². The molecule has 84 valence electrons. The Morgan fingerprint density at radius 2 is 1.87 bits per heavy atom. The normalized spacial score (nSPS) is 12.7. The SMILES string of the molecule is CCCCCCC(OO)c1ccccc1. The quantitative estimate of drug-likeness (QED) is 0.413. The molecule has 1 unspecified atom stereocenters. The molecule has 0 saturated carbocycles. The van der Waals surface area contributed by atoms with Crippen LogP contribution in [0.1, 0.15) is 50.7 Å². The molecule has 0 aromatic heterocycles. The highest BCUT2D eigenvalue weighted by molar-refractivity contribution is 5.17. The van der Waals surface area contributed by atoms with Crippen molar-refractivity contribution in [1.29, 1.82) is 0 Å². The molecule has 0 aliphatic rings. The Kier molecular flexibility index (Phi) is 6.05. The van der Waals surface area contributed by atoms with E-state index in [2.05, 4.69) is 11.8 Å². The van der Waals surface area contributed by atoms with Gasteiger partial charge in [0.25, 0.3) is 0 Å². The van der Waals surface area contributed by atoms with E-state index in [4.69, 9.17) is 5.26 Å². The van der Waals surface area contributed by atoms with Crippen molar-refractivity contribution in [1.82, 2.24) is 0 Å². The Bertz CT molecular complexity index is 246. The average molecular weight is 208 g/mol. The molecule has 1 rings (SSSR count). The van der Waals surface area contributed by atoms with Gasteiger partial charge in [-0.2, -0.15) is 0 Å². The maximum absolute atomic E-state index is 8.84. The predicted molar refractivity (Wildman–Crippen MR) is 61.7 cm³/mol. The second-order valence-corrected chi connectivity index (χ2v) is 3.85. The van der Waals surface area contributed by atoms with Gasteiger partial charge in [-0.05, 0) is 12.0 Å². The van der Waals surface area contributed by atoms with Crippen molar-refractivity contribution in [3.8, 4) is 0 Å².